The van der Waals surface area contributed by atoms with E-state index < -0.39 is 0 Å². The maximum Gasteiger partial charge on any atom is 0.323 e. The molecule has 2 aromatic heterocycles. The molecule has 0 aromatic carbocycles. The zero-order valence-electron chi connectivity index (χ0n) is 12.8. The number of thiophene rings is 1. The highest BCUT2D eigenvalue weighted by Gasteiger charge is 2.11. The van der Waals surface area contributed by atoms with E-state index in [9.17, 15) is 0 Å². The van der Waals surface area contributed by atoms with Gasteiger partial charge in [-0.25, -0.2) is 0 Å². The number of nitrogens with zero attached hydrogens (tertiary/aromatic N) is 3. The van der Waals surface area contributed by atoms with Crippen LogP contribution in [0, 0.1) is 0 Å². The highest BCUT2D eigenvalue weighted by atomic mass is 32.1. The minimum absolute atomic E-state index is 0.0215. The summed E-state index contributed by atoms with van der Waals surface area (Å²) in [4.78, 5) is 12.8. The van der Waals surface area contributed by atoms with Crippen molar-refractivity contribution in [2.45, 2.75) is 39.3 Å². The molecule has 0 bridgehead atoms. The Morgan fingerprint density at radius 1 is 1.19 bits per heavy atom. The van der Waals surface area contributed by atoms with Crippen LogP contribution in [0.1, 0.15) is 26.3 Å². The van der Waals surface area contributed by atoms with Crippen molar-refractivity contribution in [2.75, 3.05) is 17.7 Å². The average molecular weight is 307 g/mol. The topological polar surface area (TPSA) is 72.0 Å². The van der Waals surface area contributed by atoms with Crippen LogP contribution in [0.3, 0.4) is 0 Å². The van der Waals surface area contributed by atoms with Crippen LogP contribution < -0.4 is 15.4 Å². The lowest BCUT2D eigenvalue weighted by Crippen LogP contribution is -2.21. The van der Waals surface area contributed by atoms with Crippen molar-refractivity contribution in [3.8, 4) is 6.01 Å². The Hall–Kier alpha value is -1.89. The van der Waals surface area contributed by atoms with Crippen molar-refractivity contribution >= 4 is 23.2 Å². The second-order valence-corrected chi connectivity index (χ2v) is 5.84. The summed E-state index contributed by atoms with van der Waals surface area (Å²) < 4.78 is 5.54. The lowest BCUT2D eigenvalue weighted by molar-refractivity contribution is 0.222. The van der Waals surface area contributed by atoms with Gasteiger partial charge in [-0.1, -0.05) is 0 Å². The van der Waals surface area contributed by atoms with Crippen molar-refractivity contribution in [1.82, 2.24) is 15.0 Å². The predicted octanol–water partition coefficient (Wildman–Crippen LogP) is 2.81. The molecule has 0 saturated carbocycles. The Morgan fingerprint density at radius 2 is 1.95 bits per heavy atom. The molecule has 0 amide bonds. The van der Waals surface area contributed by atoms with Crippen LogP contribution in [0.2, 0.25) is 0 Å². The number of nitrogens with one attached hydrogen (secondary N) is 2. The lowest BCUT2D eigenvalue weighted by Gasteiger charge is -2.15. The van der Waals surface area contributed by atoms with E-state index in [0.717, 1.165) is 6.42 Å². The molecule has 6 nitrogen and oxygen atoms in total. The molecule has 0 aliphatic heterocycles. The minimum atomic E-state index is 0.0215. The molecule has 1 unspecified atom stereocenters. The third kappa shape index (κ3) is 4.86. The maximum absolute atomic E-state index is 5.54. The van der Waals surface area contributed by atoms with Crippen molar-refractivity contribution in [3.63, 3.8) is 0 Å². The maximum atomic E-state index is 5.54. The molecule has 21 heavy (non-hydrogen) atoms. The number of hydrogen-bond acceptors (Lipinski definition) is 7. The van der Waals surface area contributed by atoms with E-state index in [1.165, 1.54) is 5.56 Å². The van der Waals surface area contributed by atoms with Gasteiger partial charge in [0.05, 0.1) is 6.10 Å². The van der Waals surface area contributed by atoms with Gasteiger partial charge in [0.25, 0.3) is 0 Å². The molecule has 2 rings (SSSR count). The van der Waals surface area contributed by atoms with Gasteiger partial charge in [-0.05, 0) is 49.6 Å². The third-order valence-electron chi connectivity index (χ3n) is 2.68. The van der Waals surface area contributed by atoms with Gasteiger partial charge < -0.3 is 15.4 Å². The first-order valence-corrected chi connectivity index (χ1v) is 7.89. The summed E-state index contributed by atoms with van der Waals surface area (Å²) in [6.07, 6.45) is 0.943. The Balaban J connectivity index is 2.07. The second kappa shape index (κ2) is 7.21. The number of aromatic nitrogens is 3. The molecule has 0 aliphatic rings. The summed E-state index contributed by atoms with van der Waals surface area (Å²) in [7, 11) is 1.77. The van der Waals surface area contributed by atoms with Gasteiger partial charge in [0.15, 0.2) is 0 Å². The first-order chi connectivity index (χ1) is 10.1. The Morgan fingerprint density at radius 3 is 2.57 bits per heavy atom. The van der Waals surface area contributed by atoms with Crippen LogP contribution in [-0.2, 0) is 6.42 Å². The van der Waals surface area contributed by atoms with Gasteiger partial charge >= 0.3 is 6.01 Å². The molecular formula is C14H21N5OS. The van der Waals surface area contributed by atoms with Gasteiger partial charge in [-0.15, -0.1) is 0 Å². The molecular weight excluding hydrogens is 286 g/mol. The van der Waals surface area contributed by atoms with Crippen molar-refractivity contribution in [2.24, 2.45) is 0 Å². The zero-order valence-corrected chi connectivity index (χ0v) is 13.6. The highest BCUT2D eigenvalue weighted by molar-refractivity contribution is 7.07. The van der Waals surface area contributed by atoms with E-state index in [0.29, 0.717) is 17.9 Å². The predicted molar refractivity (Wildman–Crippen MR) is 86.2 cm³/mol. The van der Waals surface area contributed by atoms with Crippen LogP contribution in [0.4, 0.5) is 11.9 Å². The van der Waals surface area contributed by atoms with Gasteiger partial charge in [0.2, 0.25) is 11.9 Å². The number of hydrogen-bond donors (Lipinski definition) is 2. The summed E-state index contributed by atoms with van der Waals surface area (Å²) in [6, 6.07) is 2.68. The highest BCUT2D eigenvalue weighted by Crippen LogP contribution is 2.15. The minimum Gasteiger partial charge on any atom is -0.461 e. The van der Waals surface area contributed by atoms with Crippen LogP contribution in [0.5, 0.6) is 6.01 Å². The van der Waals surface area contributed by atoms with Gasteiger partial charge in [0, 0.05) is 13.1 Å². The Kier molecular flexibility index (Phi) is 5.32. The number of anilines is 2. The summed E-state index contributed by atoms with van der Waals surface area (Å²) in [5, 5.41) is 10.4. The molecule has 0 fully saturated rings. The quantitative estimate of drug-likeness (QED) is 0.819. The molecule has 2 N–H and O–H groups in total. The molecule has 114 valence electrons. The lowest BCUT2D eigenvalue weighted by atomic mass is 10.1. The molecule has 0 spiro atoms. The van der Waals surface area contributed by atoms with Crippen molar-refractivity contribution in [1.29, 1.82) is 0 Å². The number of rotatable bonds is 7. The summed E-state index contributed by atoms with van der Waals surface area (Å²) in [6.45, 7) is 5.98. The molecule has 2 aromatic rings. The summed E-state index contributed by atoms with van der Waals surface area (Å²) in [5.74, 6) is 1.01. The van der Waals surface area contributed by atoms with Crippen molar-refractivity contribution < 1.29 is 4.74 Å². The monoisotopic (exact) mass is 307 g/mol. The molecule has 0 saturated heterocycles. The molecule has 0 radical (unpaired) electrons. The smallest absolute Gasteiger partial charge is 0.323 e. The van der Waals surface area contributed by atoms with E-state index in [1.54, 1.807) is 18.4 Å². The standard InChI is InChI=1S/C14H21N5OS/c1-9(2)20-14-18-12(15-4)17-13(19-14)16-10(3)7-11-5-6-21-8-11/h5-6,8-10H,7H2,1-4H3,(H2,15,16,17,18,19). The van der Waals surface area contributed by atoms with Gasteiger partial charge in [-0.3, -0.25) is 0 Å². The van der Waals surface area contributed by atoms with Crippen LogP contribution in [0.15, 0.2) is 16.8 Å². The fraction of sp³-hybridized carbons (Fsp3) is 0.500. The van der Waals surface area contributed by atoms with Crippen LogP contribution in [0.25, 0.3) is 0 Å². The first kappa shape index (κ1) is 15.5. The van der Waals surface area contributed by atoms with Crippen LogP contribution >= 0.6 is 11.3 Å². The fourth-order valence-electron chi connectivity index (χ4n) is 1.83. The molecule has 1 atom stereocenters. The summed E-state index contributed by atoms with van der Waals surface area (Å²) >= 11 is 1.70. The van der Waals surface area contributed by atoms with Crippen molar-refractivity contribution in [3.05, 3.63) is 22.4 Å². The first-order valence-electron chi connectivity index (χ1n) is 6.95. The summed E-state index contributed by atoms with van der Waals surface area (Å²) in [5.41, 5.74) is 1.31. The Labute approximate surface area is 129 Å². The molecule has 0 aliphatic carbocycles. The SMILES string of the molecule is CNc1nc(NC(C)Cc2ccsc2)nc(OC(C)C)n1. The Bertz CT molecular complexity index is 558. The van der Waals surface area contributed by atoms with Gasteiger partial charge in [-0.2, -0.15) is 26.3 Å². The third-order valence-corrected chi connectivity index (χ3v) is 3.41. The second-order valence-electron chi connectivity index (χ2n) is 5.06. The van der Waals surface area contributed by atoms with Crippen LogP contribution in [-0.4, -0.2) is 34.1 Å². The normalized spacial score (nSPS) is 12.2. The van der Waals surface area contributed by atoms with Gasteiger partial charge in [0.1, 0.15) is 0 Å². The van der Waals surface area contributed by atoms with E-state index >= 15 is 0 Å². The molecule has 2 heterocycles. The molecule has 7 heteroatoms. The average Bonchev–Trinajstić information content (AvgIpc) is 2.90. The van der Waals surface area contributed by atoms with E-state index in [2.05, 4.69) is 49.3 Å². The van der Waals surface area contributed by atoms with E-state index in [4.69, 9.17) is 4.74 Å². The fourth-order valence-corrected chi connectivity index (χ4v) is 2.51. The van der Waals surface area contributed by atoms with E-state index in [1.807, 2.05) is 13.8 Å². The number of ether oxygens (including phenoxy) is 1. The largest absolute Gasteiger partial charge is 0.461 e. The van der Waals surface area contributed by atoms with E-state index in [-0.39, 0.29) is 12.1 Å². The zero-order chi connectivity index (χ0) is 15.2.